The van der Waals surface area contributed by atoms with Gasteiger partial charge in [0, 0.05) is 71.3 Å². The zero-order valence-electron chi connectivity index (χ0n) is 37.7. The molecule has 10 heteroatoms. The Morgan fingerprint density at radius 3 is 0.514 bits per heavy atom. The standard InChI is InChI=1S/C60H42N10/c1-7-19-43(20-8-1)67(44-21-9-2-10-22-44)49-31-33-51(57-55(49)61-37-39-63-57)69(47-27-15-5-16-28-47)53-35-36-54(60-59(53)65-41-42-66-60)70(48-29-17-6-18-30-48)52-34-32-50(56-58(52)64-40-38-62-56)68(45-23-11-3-12-24-45)46-25-13-4-14-26-46/h1-42H. The number of nitrogens with zero attached hydrogens (tertiary/aromatic N) is 10. The highest BCUT2D eigenvalue weighted by molar-refractivity contribution is 6.10. The minimum Gasteiger partial charge on any atom is -0.308 e. The molecular formula is C60H42N10. The van der Waals surface area contributed by atoms with Crippen molar-refractivity contribution in [3.63, 3.8) is 0 Å². The first-order valence-electron chi connectivity index (χ1n) is 23.0. The largest absolute Gasteiger partial charge is 0.308 e. The number of aromatic nitrogens is 6. The van der Waals surface area contributed by atoms with Gasteiger partial charge in [0.15, 0.2) is 0 Å². The summed E-state index contributed by atoms with van der Waals surface area (Å²) < 4.78 is 0. The summed E-state index contributed by atoms with van der Waals surface area (Å²) in [5.41, 5.74) is 15.2. The number of para-hydroxylation sites is 6. The molecule has 0 saturated heterocycles. The lowest BCUT2D eigenvalue weighted by Crippen LogP contribution is -2.16. The number of hydrogen-bond acceptors (Lipinski definition) is 10. The first kappa shape index (κ1) is 41.6. The highest BCUT2D eigenvalue weighted by Gasteiger charge is 2.28. The topological polar surface area (TPSA) is 90.3 Å². The molecule has 0 spiro atoms. The molecule has 0 saturated carbocycles. The van der Waals surface area contributed by atoms with Gasteiger partial charge in [-0.1, -0.05) is 109 Å². The second kappa shape index (κ2) is 18.5. The quantitative estimate of drug-likeness (QED) is 0.118. The molecule has 0 atom stereocenters. The molecule has 0 fully saturated rings. The minimum atomic E-state index is 0.687. The predicted octanol–water partition coefficient (Wildman–Crippen LogP) is 15.4. The summed E-state index contributed by atoms with van der Waals surface area (Å²) in [6.45, 7) is 0. The highest BCUT2D eigenvalue weighted by Crippen LogP contribution is 2.49. The minimum absolute atomic E-state index is 0.687. The third-order valence-electron chi connectivity index (χ3n) is 12.3. The molecule has 0 amide bonds. The van der Waals surface area contributed by atoms with Crippen LogP contribution in [-0.2, 0) is 0 Å². The second-order valence-corrected chi connectivity index (χ2v) is 16.4. The molecule has 0 radical (unpaired) electrons. The van der Waals surface area contributed by atoms with E-state index < -0.39 is 0 Å². The van der Waals surface area contributed by atoms with E-state index in [0.29, 0.717) is 11.0 Å². The van der Waals surface area contributed by atoms with Crippen molar-refractivity contribution < 1.29 is 0 Å². The van der Waals surface area contributed by atoms with Gasteiger partial charge in [-0.15, -0.1) is 0 Å². The fourth-order valence-corrected chi connectivity index (χ4v) is 9.30. The number of fused-ring (bicyclic) bond motifs is 3. The van der Waals surface area contributed by atoms with E-state index >= 15 is 0 Å². The van der Waals surface area contributed by atoms with Gasteiger partial charge in [0.2, 0.25) is 0 Å². The average Bonchev–Trinajstić information content (AvgIpc) is 3.44. The highest BCUT2D eigenvalue weighted by atomic mass is 15.2. The molecule has 0 unspecified atom stereocenters. The average molecular weight is 903 g/mol. The van der Waals surface area contributed by atoms with Gasteiger partial charge in [-0.05, 0) is 109 Å². The molecule has 12 aromatic rings. The van der Waals surface area contributed by atoms with Crippen LogP contribution in [0.15, 0.2) is 256 Å². The van der Waals surface area contributed by atoms with Gasteiger partial charge in [-0.2, -0.15) is 0 Å². The van der Waals surface area contributed by atoms with Gasteiger partial charge in [-0.3, -0.25) is 29.9 Å². The summed E-state index contributed by atoms with van der Waals surface area (Å²) >= 11 is 0. The van der Waals surface area contributed by atoms with Crippen LogP contribution in [0.3, 0.4) is 0 Å². The molecule has 0 N–H and O–H groups in total. The lowest BCUT2D eigenvalue weighted by Gasteiger charge is -2.31. The summed E-state index contributed by atoms with van der Waals surface area (Å²) in [6.07, 6.45) is 10.5. The lowest BCUT2D eigenvalue weighted by atomic mass is 10.1. The van der Waals surface area contributed by atoms with Gasteiger partial charge in [-0.25, -0.2) is 0 Å². The van der Waals surface area contributed by atoms with Crippen LogP contribution in [0.1, 0.15) is 0 Å². The van der Waals surface area contributed by atoms with Gasteiger partial charge in [0.05, 0.1) is 34.1 Å². The van der Waals surface area contributed by atoms with Crippen LogP contribution in [0.4, 0.5) is 68.2 Å². The van der Waals surface area contributed by atoms with E-state index in [-0.39, 0.29) is 0 Å². The van der Waals surface area contributed by atoms with Crippen molar-refractivity contribution in [3.8, 4) is 0 Å². The Labute approximate surface area is 404 Å². The number of hydrogen-bond donors (Lipinski definition) is 0. The van der Waals surface area contributed by atoms with E-state index in [1.54, 1.807) is 37.2 Å². The maximum atomic E-state index is 5.15. The van der Waals surface area contributed by atoms with Gasteiger partial charge >= 0.3 is 0 Å². The molecule has 3 aromatic heterocycles. The third-order valence-corrected chi connectivity index (χ3v) is 12.3. The van der Waals surface area contributed by atoms with Crippen LogP contribution >= 0.6 is 0 Å². The normalized spacial score (nSPS) is 11.1. The van der Waals surface area contributed by atoms with Crippen LogP contribution in [-0.4, -0.2) is 29.9 Å². The number of rotatable bonds is 12. The maximum absolute atomic E-state index is 5.15. The van der Waals surface area contributed by atoms with E-state index in [4.69, 9.17) is 29.9 Å². The Morgan fingerprint density at radius 2 is 0.329 bits per heavy atom. The molecular weight excluding hydrogens is 861 g/mol. The zero-order chi connectivity index (χ0) is 46.6. The van der Waals surface area contributed by atoms with Crippen LogP contribution < -0.4 is 19.6 Å². The van der Waals surface area contributed by atoms with E-state index in [1.165, 1.54) is 0 Å². The number of anilines is 12. The van der Waals surface area contributed by atoms with Crippen molar-refractivity contribution >= 4 is 101 Å². The molecule has 0 bridgehead atoms. The van der Waals surface area contributed by atoms with E-state index in [9.17, 15) is 0 Å². The smallest absolute Gasteiger partial charge is 0.115 e. The summed E-state index contributed by atoms with van der Waals surface area (Å²) in [5, 5.41) is 0. The summed E-state index contributed by atoms with van der Waals surface area (Å²) in [4.78, 5) is 39.4. The summed E-state index contributed by atoms with van der Waals surface area (Å²) in [6, 6.07) is 74.8. The molecule has 10 nitrogen and oxygen atoms in total. The lowest BCUT2D eigenvalue weighted by molar-refractivity contribution is 1.20. The molecule has 0 aliphatic heterocycles. The summed E-state index contributed by atoms with van der Waals surface area (Å²) in [5.74, 6) is 0. The van der Waals surface area contributed by atoms with Crippen LogP contribution in [0, 0.1) is 0 Å². The predicted molar refractivity (Wildman–Crippen MR) is 284 cm³/mol. The second-order valence-electron chi connectivity index (χ2n) is 16.4. The van der Waals surface area contributed by atoms with Crippen LogP contribution in [0.25, 0.3) is 33.1 Å². The Bertz CT molecular complexity index is 3410. The van der Waals surface area contributed by atoms with Gasteiger partial charge in [0.1, 0.15) is 33.1 Å². The fraction of sp³-hybridized carbons (Fsp3) is 0. The van der Waals surface area contributed by atoms with Crippen LogP contribution in [0.2, 0.25) is 0 Å². The molecule has 12 rings (SSSR count). The SMILES string of the molecule is c1ccc(N(c2ccccc2)c2ccc(N(c3ccccc3)c3ccc(N(c4ccccc4)c4ccc(N(c5ccccc5)c5ccccc5)c5nccnc45)c4nccnc34)c3nccnc23)cc1. The van der Waals surface area contributed by atoms with Crippen molar-refractivity contribution in [3.05, 3.63) is 256 Å². The van der Waals surface area contributed by atoms with Gasteiger partial charge in [0.25, 0.3) is 0 Å². The monoisotopic (exact) mass is 902 g/mol. The molecule has 70 heavy (non-hydrogen) atoms. The summed E-state index contributed by atoms with van der Waals surface area (Å²) in [7, 11) is 0. The molecule has 332 valence electrons. The first-order valence-corrected chi connectivity index (χ1v) is 23.0. The maximum Gasteiger partial charge on any atom is 0.115 e. The zero-order valence-corrected chi connectivity index (χ0v) is 37.7. The van der Waals surface area contributed by atoms with Crippen molar-refractivity contribution in [2.75, 3.05) is 19.6 Å². The Balaban J connectivity index is 1.05. The number of benzene rings is 9. The molecule has 9 aromatic carbocycles. The molecule has 0 aliphatic carbocycles. The van der Waals surface area contributed by atoms with E-state index in [2.05, 4.69) is 177 Å². The van der Waals surface area contributed by atoms with Crippen molar-refractivity contribution in [2.24, 2.45) is 0 Å². The fourth-order valence-electron chi connectivity index (χ4n) is 9.30. The van der Waals surface area contributed by atoms with E-state index in [1.807, 2.05) is 60.7 Å². The van der Waals surface area contributed by atoms with Crippen molar-refractivity contribution in [2.45, 2.75) is 0 Å². The van der Waals surface area contributed by atoms with E-state index in [0.717, 1.165) is 90.3 Å². The van der Waals surface area contributed by atoms with Crippen molar-refractivity contribution in [1.29, 1.82) is 0 Å². The van der Waals surface area contributed by atoms with Gasteiger partial charge < -0.3 is 19.6 Å². The Morgan fingerprint density at radius 1 is 0.171 bits per heavy atom. The van der Waals surface area contributed by atoms with Crippen LogP contribution in [0.5, 0.6) is 0 Å². The Kier molecular flexibility index (Phi) is 11.0. The Hall–Kier alpha value is -9.80. The van der Waals surface area contributed by atoms with Crippen molar-refractivity contribution in [1.82, 2.24) is 29.9 Å². The molecule has 3 heterocycles. The first-order chi connectivity index (χ1) is 34.8. The third kappa shape index (κ3) is 7.61. The molecule has 0 aliphatic rings.